The number of rotatable bonds is 7. The average molecular weight is 386 g/mol. The van der Waals surface area contributed by atoms with E-state index in [4.69, 9.17) is 9.47 Å². The minimum atomic E-state index is -0.331. The number of carbonyl (C=O) groups is 2. The van der Waals surface area contributed by atoms with Gasteiger partial charge in [0.15, 0.2) is 0 Å². The fourth-order valence-electron chi connectivity index (χ4n) is 6.26. The van der Waals surface area contributed by atoms with Gasteiger partial charge in [-0.05, 0) is 62.5 Å². The van der Waals surface area contributed by atoms with Gasteiger partial charge in [-0.2, -0.15) is 0 Å². The highest BCUT2D eigenvalue weighted by molar-refractivity contribution is 5.84. The fourth-order valence-corrected chi connectivity index (χ4v) is 6.26. The van der Waals surface area contributed by atoms with Gasteiger partial charge in [-0.25, -0.2) is 0 Å². The van der Waals surface area contributed by atoms with Crippen LogP contribution < -0.4 is 20.1 Å². The van der Waals surface area contributed by atoms with E-state index in [0.717, 1.165) is 43.6 Å². The van der Waals surface area contributed by atoms with E-state index in [0.29, 0.717) is 25.0 Å². The van der Waals surface area contributed by atoms with E-state index >= 15 is 0 Å². The predicted molar refractivity (Wildman–Crippen MR) is 105 cm³/mol. The molecule has 1 aromatic rings. The van der Waals surface area contributed by atoms with Crippen LogP contribution >= 0.6 is 0 Å². The Morgan fingerprint density at radius 3 is 2.54 bits per heavy atom. The number of carbonyl (C=O) groups excluding carboxylic acids is 2. The monoisotopic (exact) mass is 386 g/mol. The lowest BCUT2D eigenvalue weighted by Gasteiger charge is -2.61. The molecule has 5 rings (SSSR count). The molecule has 4 aliphatic carbocycles. The van der Waals surface area contributed by atoms with Crippen LogP contribution in [0.15, 0.2) is 24.3 Å². The first-order valence-electron chi connectivity index (χ1n) is 10.3. The van der Waals surface area contributed by atoms with Crippen molar-refractivity contribution in [2.45, 2.75) is 51.0 Å². The van der Waals surface area contributed by atoms with Gasteiger partial charge >= 0.3 is 0 Å². The number of methoxy groups -OCH3 is 1. The van der Waals surface area contributed by atoms with Crippen LogP contribution in [0.2, 0.25) is 0 Å². The number of amides is 2. The van der Waals surface area contributed by atoms with Crippen LogP contribution in [-0.2, 0) is 9.59 Å². The highest BCUT2D eigenvalue weighted by Gasteiger charge is 2.60. The van der Waals surface area contributed by atoms with Crippen molar-refractivity contribution in [3.05, 3.63) is 24.3 Å². The van der Waals surface area contributed by atoms with Gasteiger partial charge in [-0.15, -0.1) is 0 Å². The van der Waals surface area contributed by atoms with Crippen LogP contribution in [0.5, 0.6) is 11.5 Å². The van der Waals surface area contributed by atoms with Crippen LogP contribution in [-0.4, -0.2) is 37.6 Å². The third-order valence-electron chi connectivity index (χ3n) is 6.68. The molecule has 2 N–H and O–H groups in total. The summed E-state index contributed by atoms with van der Waals surface area (Å²) in [5, 5.41) is 6.31. The van der Waals surface area contributed by atoms with Crippen LogP contribution in [0.1, 0.15) is 45.4 Å². The van der Waals surface area contributed by atoms with E-state index in [2.05, 4.69) is 10.6 Å². The van der Waals surface area contributed by atoms with E-state index < -0.39 is 0 Å². The van der Waals surface area contributed by atoms with Crippen LogP contribution in [0.3, 0.4) is 0 Å². The summed E-state index contributed by atoms with van der Waals surface area (Å²) in [4.78, 5) is 24.9. The summed E-state index contributed by atoms with van der Waals surface area (Å²) in [6, 6.07) is 7.45. The van der Waals surface area contributed by atoms with Gasteiger partial charge in [0.25, 0.3) is 0 Å². The molecule has 152 valence electrons. The largest absolute Gasteiger partial charge is 0.497 e. The second-order valence-electron chi connectivity index (χ2n) is 8.99. The molecular weight excluding hydrogens is 356 g/mol. The molecule has 4 aliphatic rings. The first kappa shape index (κ1) is 19.1. The molecule has 1 aromatic carbocycles. The number of hydrogen-bond acceptors (Lipinski definition) is 4. The topological polar surface area (TPSA) is 76.7 Å². The van der Waals surface area contributed by atoms with Gasteiger partial charge in [0.05, 0.1) is 19.1 Å². The van der Waals surface area contributed by atoms with Crippen molar-refractivity contribution in [3.63, 3.8) is 0 Å². The zero-order valence-electron chi connectivity index (χ0n) is 16.8. The quantitative estimate of drug-likeness (QED) is 0.707. The Kier molecular flexibility index (Phi) is 4.98. The Hall–Kier alpha value is -2.24. The van der Waals surface area contributed by atoms with E-state index in [1.807, 2.05) is 24.3 Å². The SMILES string of the molecule is COc1cccc(OCCNC(=O)C23C[C@H]4C[C@@H](CC(NC(C)=O)(C4)C2)C3)c1. The molecule has 0 aromatic heterocycles. The lowest BCUT2D eigenvalue weighted by atomic mass is 9.46. The molecule has 0 heterocycles. The van der Waals surface area contributed by atoms with Crippen molar-refractivity contribution in [1.82, 2.24) is 10.6 Å². The molecule has 4 saturated carbocycles. The Labute approximate surface area is 166 Å². The molecule has 2 amide bonds. The molecule has 0 saturated heterocycles. The van der Waals surface area contributed by atoms with Crippen molar-refractivity contribution in [2.24, 2.45) is 17.3 Å². The Morgan fingerprint density at radius 2 is 1.86 bits per heavy atom. The van der Waals surface area contributed by atoms with E-state index in [9.17, 15) is 9.59 Å². The number of benzene rings is 1. The molecule has 4 fully saturated rings. The van der Waals surface area contributed by atoms with Crippen LogP contribution in [0.25, 0.3) is 0 Å². The Morgan fingerprint density at radius 1 is 1.14 bits per heavy atom. The smallest absolute Gasteiger partial charge is 0.226 e. The third kappa shape index (κ3) is 3.69. The van der Waals surface area contributed by atoms with E-state index in [-0.39, 0.29) is 22.8 Å². The van der Waals surface area contributed by atoms with Gasteiger partial charge in [0.2, 0.25) is 11.8 Å². The third-order valence-corrected chi connectivity index (χ3v) is 6.68. The normalized spacial score (nSPS) is 32.6. The summed E-state index contributed by atoms with van der Waals surface area (Å²) in [5.41, 5.74) is -0.507. The van der Waals surface area contributed by atoms with Crippen molar-refractivity contribution >= 4 is 11.8 Å². The zero-order valence-corrected chi connectivity index (χ0v) is 16.8. The van der Waals surface area contributed by atoms with Crippen molar-refractivity contribution in [2.75, 3.05) is 20.3 Å². The highest BCUT2D eigenvalue weighted by Crippen LogP contribution is 2.61. The molecule has 6 nitrogen and oxygen atoms in total. The fraction of sp³-hybridized carbons (Fsp3) is 0.636. The number of nitrogens with one attached hydrogen (secondary N) is 2. The number of ether oxygens (including phenoxy) is 2. The van der Waals surface area contributed by atoms with Crippen molar-refractivity contribution < 1.29 is 19.1 Å². The summed E-state index contributed by atoms with van der Waals surface area (Å²) in [6.45, 7) is 2.47. The molecule has 4 bridgehead atoms. The molecule has 0 radical (unpaired) electrons. The molecule has 28 heavy (non-hydrogen) atoms. The summed E-state index contributed by atoms with van der Waals surface area (Å²) < 4.78 is 10.9. The molecule has 0 unspecified atom stereocenters. The predicted octanol–water partition coefficient (Wildman–Crippen LogP) is 2.67. The zero-order chi connectivity index (χ0) is 19.8. The highest BCUT2D eigenvalue weighted by atomic mass is 16.5. The molecular formula is C22H30N2O4. The van der Waals surface area contributed by atoms with Crippen LogP contribution in [0.4, 0.5) is 0 Å². The van der Waals surface area contributed by atoms with Gasteiger partial charge in [0, 0.05) is 18.5 Å². The first-order chi connectivity index (χ1) is 13.4. The van der Waals surface area contributed by atoms with Crippen molar-refractivity contribution in [1.29, 1.82) is 0 Å². The Bertz CT molecular complexity index is 749. The maximum Gasteiger partial charge on any atom is 0.226 e. The summed E-state index contributed by atoms with van der Waals surface area (Å²) in [6.07, 6.45) is 5.93. The first-order valence-corrected chi connectivity index (χ1v) is 10.3. The molecule has 6 heteroatoms. The summed E-state index contributed by atoms with van der Waals surface area (Å²) >= 11 is 0. The molecule has 0 spiro atoms. The number of hydrogen-bond donors (Lipinski definition) is 2. The average Bonchev–Trinajstić information content (AvgIpc) is 2.63. The Balaban J connectivity index is 1.34. The minimum Gasteiger partial charge on any atom is -0.497 e. The maximum absolute atomic E-state index is 13.1. The molecule has 0 aliphatic heterocycles. The van der Waals surface area contributed by atoms with Crippen LogP contribution in [0, 0.1) is 17.3 Å². The lowest BCUT2D eigenvalue weighted by molar-refractivity contribution is -0.153. The summed E-state index contributed by atoms with van der Waals surface area (Å²) in [7, 11) is 1.62. The van der Waals surface area contributed by atoms with Crippen molar-refractivity contribution in [3.8, 4) is 11.5 Å². The minimum absolute atomic E-state index is 0.0178. The van der Waals surface area contributed by atoms with E-state index in [1.54, 1.807) is 14.0 Å². The maximum atomic E-state index is 13.1. The van der Waals surface area contributed by atoms with Gasteiger partial charge in [-0.1, -0.05) is 6.07 Å². The second kappa shape index (κ2) is 7.30. The van der Waals surface area contributed by atoms with Gasteiger partial charge in [-0.3, -0.25) is 9.59 Å². The standard InChI is InChI=1S/C22H30N2O4/c1-15(25)24-22-12-16-8-17(13-22)11-21(10-16,14-22)20(26)23-6-7-28-19-5-3-4-18(9-19)27-2/h3-5,9,16-17H,6-8,10-14H2,1-2H3,(H,23,26)(H,24,25)/t16-,17-,21?,22?/m1/s1. The lowest BCUT2D eigenvalue weighted by Crippen LogP contribution is -2.65. The second-order valence-corrected chi connectivity index (χ2v) is 8.99. The summed E-state index contributed by atoms with van der Waals surface area (Å²) in [5.74, 6) is 2.72. The molecule has 2 atom stereocenters. The van der Waals surface area contributed by atoms with Gasteiger partial charge < -0.3 is 20.1 Å². The van der Waals surface area contributed by atoms with E-state index in [1.165, 1.54) is 6.42 Å². The van der Waals surface area contributed by atoms with Gasteiger partial charge in [0.1, 0.15) is 18.1 Å².